The van der Waals surface area contributed by atoms with Crippen molar-refractivity contribution >= 4 is 11.8 Å². The Labute approximate surface area is 148 Å². The van der Waals surface area contributed by atoms with Crippen molar-refractivity contribution in [3.8, 4) is 11.5 Å². The molecule has 2 amide bonds. The van der Waals surface area contributed by atoms with E-state index in [1.807, 2.05) is 6.07 Å². The van der Waals surface area contributed by atoms with Gasteiger partial charge in [0, 0.05) is 13.1 Å². The molecule has 136 valence electrons. The molecule has 1 saturated carbocycles. The molecule has 1 aromatic rings. The molecule has 2 aliphatic rings. The molecule has 2 N–H and O–H groups in total. The lowest BCUT2D eigenvalue weighted by Crippen LogP contribution is -2.44. The van der Waals surface area contributed by atoms with Gasteiger partial charge in [0.05, 0.1) is 13.2 Å². The number of rotatable bonds is 4. The molecule has 0 bridgehead atoms. The number of primary amides is 1. The highest BCUT2D eigenvalue weighted by Crippen LogP contribution is 2.37. The van der Waals surface area contributed by atoms with Crippen LogP contribution in [0.4, 0.5) is 0 Å². The zero-order valence-electron chi connectivity index (χ0n) is 14.7. The van der Waals surface area contributed by atoms with E-state index >= 15 is 0 Å². The van der Waals surface area contributed by atoms with Gasteiger partial charge in [-0.3, -0.25) is 9.59 Å². The summed E-state index contributed by atoms with van der Waals surface area (Å²) in [5.41, 5.74) is 6.28. The summed E-state index contributed by atoms with van der Waals surface area (Å²) in [5, 5.41) is 0. The van der Waals surface area contributed by atoms with Crippen LogP contribution in [0.3, 0.4) is 0 Å². The van der Waals surface area contributed by atoms with Crippen molar-refractivity contribution in [2.45, 2.75) is 50.5 Å². The van der Waals surface area contributed by atoms with Gasteiger partial charge in [0.15, 0.2) is 11.5 Å². The maximum absolute atomic E-state index is 11.7. The van der Waals surface area contributed by atoms with Crippen LogP contribution in [0.2, 0.25) is 0 Å². The van der Waals surface area contributed by atoms with E-state index in [9.17, 15) is 9.59 Å². The number of likely N-dealkylation sites (tertiary alicyclic amines) is 1. The third kappa shape index (κ3) is 4.06. The number of hydrogen-bond acceptors (Lipinski definition) is 4. The summed E-state index contributed by atoms with van der Waals surface area (Å²) >= 11 is 0. The lowest BCUT2D eigenvalue weighted by molar-refractivity contribution is -0.144. The first-order chi connectivity index (χ1) is 12.1. The minimum absolute atomic E-state index is 0.277. The number of methoxy groups -OCH3 is 1. The number of carbonyl (C=O) groups excluding carboxylic acids is 2. The van der Waals surface area contributed by atoms with Crippen LogP contribution >= 0.6 is 0 Å². The summed E-state index contributed by atoms with van der Waals surface area (Å²) in [7, 11) is 1.66. The predicted molar refractivity (Wildman–Crippen MR) is 93.6 cm³/mol. The van der Waals surface area contributed by atoms with Gasteiger partial charge in [0.2, 0.25) is 0 Å². The second-order valence-corrected chi connectivity index (χ2v) is 6.87. The largest absolute Gasteiger partial charge is 0.493 e. The smallest absolute Gasteiger partial charge is 0.311 e. The molecular formula is C19H26N2O4. The van der Waals surface area contributed by atoms with Gasteiger partial charge < -0.3 is 20.1 Å². The molecule has 0 radical (unpaired) electrons. The van der Waals surface area contributed by atoms with E-state index in [1.54, 1.807) is 7.11 Å². The van der Waals surface area contributed by atoms with Gasteiger partial charge in [-0.2, -0.15) is 0 Å². The van der Waals surface area contributed by atoms with Crippen LogP contribution in [0.25, 0.3) is 0 Å². The quantitative estimate of drug-likeness (QED) is 0.848. The van der Waals surface area contributed by atoms with Crippen LogP contribution in [0, 0.1) is 0 Å². The maximum Gasteiger partial charge on any atom is 0.311 e. The van der Waals surface area contributed by atoms with E-state index in [2.05, 4.69) is 12.1 Å². The number of nitrogens with zero attached hydrogens (tertiary/aromatic N) is 1. The van der Waals surface area contributed by atoms with E-state index in [-0.39, 0.29) is 6.10 Å². The Balaban J connectivity index is 1.68. The average Bonchev–Trinajstić information content (AvgIpc) is 3.14. The predicted octanol–water partition coefficient (Wildman–Crippen LogP) is 2.21. The second kappa shape index (κ2) is 7.76. The first-order valence-electron chi connectivity index (χ1n) is 9.01. The monoisotopic (exact) mass is 346 g/mol. The van der Waals surface area contributed by atoms with E-state index < -0.39 is 11.8 Å². The molecule has 3 rings (SSSR count). The van der Waals surface area contributed by atoms with Crippen molar-refractivity contribution in [3.63, 3.8) is 0 Å². The van der Waals surface area contributed by atoms with Crippen molar-refractivity contribution in [1.29, 1.82) is 0 Å². The summed E-state index contributed by atoms with van der Waals surface area (Å²) in [5.74, 6) is 0.446. The summed E-state index contributed by atoms with van der Waals surface area (Å²) in [6.45, 7) is 1.11. The molecule has 0 unspecified atom stereocenters. The Kier molecular flexibility index (Phi) is 5.46. The van der Waals surface area contributed by atoms with Gasteiger partial charge in [0.25, 0.3) is 0 Å². The number of nitrogens with two attached hydrogens (primary N) is 1. The van der Waals surface area contributed by atoms with Crippen LogP contribution in [-0.2, 0) is 9.59 Å². The first-order valence-corrected chi connectivity index (χ1v) is 9.01. The molecule has 0 atom stereocenters. The molecule has 25 heavy (non-hydrogen) atoms. The normalized spacial score (nSPS) is 19.0. The lowest BCUT2D eigenvalue weighted by Gasteiger charge is -2.31. The first kappa shape index (κ1) is 17.6. The van der Waals surface area contributed by atoms with Crippen molar-refractivity contribution < 1.29 is 19.1 Å². The lowest BCUT2D eigenvalue weighted by atomic mass is 9.89. The molecule has 1 aliphatic heterocycles. The van der Waals surface area contributed by atoms with Gasteiger partial charge in [-0.1, -0.05) is 6.07 Å². The van der Waals surface area contributed by atoms with Crippen LogP contribution in [0.5, 0.6) is 11.5 Å². The molecular weight excluding hydrogens is 320 g/mol. The average molecular weight is 346 g/mol. The molecule has 1 aliphatic carbocycles. The van der Waals surface area contributed by atoms with Gasteiger partial charge in [-0.15, -0.1) is 0 Å². The van der Waals surface area contributed by atoms with Gasteiger partial charge in [-0.05, 0) is 62.1 Å². The molecule has 6 heteroatoms. The fourth-order valence-electron chi connectivity index (χ4n) is 3.80. The number of benzene rings is 1. The third-order valence-electron chi connectivity index (χ3n) is 5.25. The maximum atomic E-state index is 11.7. The zero-order valence-corrected chi connectivity index (χ0v) is 14.7. The molecule has 0 spiro atoms. The van der Waals surface area contributed by atoms with E-state index in [1.165, 1.54) is 23.3 Å². The fraction of sp³-hybridized carbons (Fsp3) is 0.579. The SMILES string of the molecule is COc1ccc(C2CCN(C(=O)C(N)=O)CC2)cc1OC1CCCC1. The topological polar surface area (TPSA) is 81.9 Å². The van der Waals surface area contributed by atoms with Crippen molar-refractivity contribution in [1.82, 2.24) is 4.90 Å². The zero-order chi connectivity index (χ0) is 17.8. The van der Waals surface area contributed by atoms with Crippen LogP contribution in [0.15, 0.2) is 18.2 Å². The van der Waals surface area contributed by atoms with E-state index in [4.69, 9.17) is 15.2 Å². The summed E-state index contributed by atoms with van der Waals surface area (Å²) in [4.78, 5) is 24.3. The minimum atomic E-state index is -0.879. The number of ether oxygens (including phenoxy) is 2. The Bertz CT molecular complexity index is 632. The van der Waals surface area contributed by atoms with Crippen LogP contribution in [0.1, 0.15) is 50.0 Å². The number of piperidine rings is 1. The Hall–Kier alpha value is -2.24. The van der Waals surface area contributed by atoms with E-state index in [0.29, 0.717) is 19.0 Å². The highest BCUT2D eigenvalue weighted by molar-refractivity contribution is 6.34. The summed E-state index contributed by atoms with van der Waals surface area (Å²) in [6.07, 6.45) is 6.54. The molecule has 6 nitrogen and oxygen atoms in total. The molecule has 2 fully saturated rings. The highest BCUT2D eigenvalue weighted by Gasteiger charge is 2.27. The van der Waals surface area contributed by atoms with Crippen molar-refractivity contribution in [3.05, 3.63) is 23.8 Å². The van der Waals surface area contributed by atoms with Gasteiger partial charge in [0.1, 0.15) is 0 Å². The Morgan fingerprint density at radius 2 is 1.76 bits per heavy atom. The van der Waals surface area contributed by atoms with Crippen LogP contribution < -0.4 is 15.2 Å². The molecule has 1 heterocycles. The van der Waals surface area contributed by atoms with Crippen molar-refractivity contribution in [2.75, 3.05) is 20.2 Å². The minimum Gasteiger partial charge on any atom is -0.493 e. The van der Waals surface area contributed by atoms with Crippen LogP contribution in [-0.4, -0.2) is 43.0 Å². The van der Waals surface area contributed by atoms with Gasteiger partial charge in [-0.25, -0.2) is 0 Å². The van der Waals surface area contributed by atoms with Gasteiger partial charge >= 0.3 is 11.8 Å². The number of carbonyl (C=O) groups is 2. The molecule has 0 aromatic heterocycles. The van der Waals surface area contributed by atoms with E-state index in [0.717, 1.165) is 37.2 Å². The highest BCUT2D eigenvalue weighted by atomic mass is 16.5. The molecule has 1 aromatic carbocycles. The second-order valence-electron chi connectivity index (χ2n) is 6.87. The standard InChI is InChI=1S/C19H26N2O4/c1-24-16-7-6-14(12-17(16)25-15-4-2-3-5-15)13-8-10-21(11-9-13)19(23)18(20)22/h6-7,12-13,15H,2-5,8-11H2,1H3,(H2,20,22). The molecule has 1 saturated heterocycles. The number of amides is 2. The Morgan fingerprint density at radius 1 is 1.08 bits per heavy atom. The Morgan fingerprint density at radius 3 is 2.36 bits per heavy atom. The fourth-order valence-corrected chi connectivity index (χ4v) is 3.80. The number of hydrogen-bond donors (Lipinski definition) is 1. The summed E-state index contributed by atoms with van der Waals surface area (Å²) in [6, 6.07) is 6.10. The third-order valence-corrected chi connectivity index (χ3v) is 5.25. The summed E-state index contributed by atoms with van der Waals surface area (Å²) < 4.78 is 11.6. The van der Waals surface area contributed by atoms with Crippen molar-refractivity contribution in [2.24, 2.45) is 5.73 Å².